The number of aromatic nitrogens is 1. The second kappa shape index (κ2) is 13.5. The number of hydrogen-bond donors (Lipinski definition) is 7. The number of nitrogens with one attached hydrogen (secondary N) is 4. The fourth-order valence-electron chi connectivity index (χ4n) is 3.49. The van der Waals surface area contributed by atoms with Gasteiger partial charge in [-0.25, -0.2) is 4.79 Å². The van der Waals surface area contributed by atoms with Gasteiger partial charge in [0, 0.05) is 17.1 Å². The summed E-state index contributed by atoms with van der Waals surface area (Å²) in [5.74, 6) is -3.76. The molecule has 0 spiro atoms. The van der Waals surface area contributed by atoms with Gasteiger partial charge in [-0.15, -0.1) is 0 Å². The number of para-hydroxylation sites is 1. The van der Waals surface area contributed by atoms with E-state index in [2.05, 4.69) is 20.9 Å². The van der Waals surface area contributed by atoms with Crippen molar-refractivity contribution in [1.29, 1.82) is 0 Å². The number of aromatic amines is 1. The van der Waals surface area contributed by atoms with Crippen LogP contribution in [0.4, 0.5) is 0 Å². The van der Waals surface area contributed by atoms with Gasteiger partial charge < -0.3 is 37.5 Å². The summed E-state index contributed by atoms with van der Waals surface area (Å²) in [6.45, 7) is 1.35. The van der Waals surface area contributed by atoms with Crippen molar-refractivity contribution in [3.05, 3.63) is 36.0 Å². The van der Waals surface area contributed by atoms with Crippen LogP contribution in [-0.2, 0) is 30.4 Å². The zero-order chi connectivity index (χ0) is 26.8. The molecule has 0 aliphatic rings. The first-order valence-corrected chi connectivity index (χ1v) is 12.6. The van der Waals surface area contributed by atoms with Crippen LogP contribution < -0.4 is 27.4 Å². The van der Waals surface area contributed by atoms with Crippen molar-refractivity contribution >= 4 is 52.3 Å². The molecule has 0 saturated carbocycles. The minimum absolute atomic E-state index is 0.173. The quantitative estimate of drug-likeness (QED) is 0.168. The van der Waals surface area contributed by atoms with Gasteiger partial charge in [0.1, 0.15) is 18.1 Å². The third kappa shape index (κ3) is 8.27. The van der Waals surface area contributed by atoms with Crippen LogP contribution in [0.25, 0.3) is 10.9 Å². The van der Waals surface area contributed by atoms with E-state index in [4.69, 9.17) is 11.5 Å². The molecule has 1 heterocycles. The largest absolute Gasteiger partial charge is 0.480 e. The number of amides is 4. The minimum Gasteiger partial charge on any atom is -0.480 e. The molecule has 9 N–H and O–H groups in total. The molecule has 0 radical (unpaired) electrons. The van der Waals surface area contributed by atoms with Crippen LogP contribution in [0.2, 0.25) is 0 Å². The molecule has 2 rings (SSSR count). The molecule has 196 valence electrons. The normalized spacial score (nSPS) is 14.3. The number of fused-ring (bicyclic) bond motifs is 1. The van der Waals surface area contributed by atoms with Gasteiger partial charge in [-0.2, -0.15) is 11.8 Å². The van der Waals surface area contributed by atoms with E-state index in [1.165, 1.54) is 18.7 Å². The number of thioether (sulfide) groups is 1. The average Bonchev–Trinajstić information content (AvgIpc) is 3.23. The summed E-state index contributed by atoms with van der Waals surface area (Å²) < 4.78 is 0. The van der Waals surface area contributed by atoms with E-state index in [0.29, 0.717) is 5.75 Å². The Hall–Kier alpha value is -3.58. The summed E-state index contributed by atoms with van der Waals surface area (Å²) in [6.07, 6.45) is 3.42. The van der Waals surface area contributed by atoms with Gasteiger partial charge in [0.2, 0.25) is 23.6 Å². The Bertz CT molecular complexity index is 1110. The molecule has 1 aromatic heterocycles. The van der Waals surface area contributed by atoms with Crippen LogP contribution in [0.15, 0.2) is 30.5 Å². The van der Waals surface area contributed by atoms with E-state index in [0.717, 1.165) is 16.5 Å². The first-order valence-electron chi connectivity index (χ1n) is 11.2. The standard InChI is InChI=1S/C23H32N6O6S/c1-12(20(31)28-17(23(34)35)7-8-36-2)27-22(33)18(10-19(25)30)29-21(32)15(24)9-13-11-26-16-6-4-3-5-14(13)16/h3-6,11-12,15,17-18,26H,7-10,24H2,1-2H3,(H2,25,30)(H,27,33)(H,28,31)(H,29,32)(H,34,35). The lowest BCUT2D eigenvalue weighted by molar-refractivity contribution is -0.142. The predicted molar refractivity (Wildman–Crippen MR) is 136 cm³/mol. The molecule has 0 aliphatic heterocycles. The number of carbonyl (C=O) groups excluding carboxylic acids is 4. The molecule has 1 aromatic carbocycles. The van der Waals surface area contributed by atoms with E-state index in [1.54, 1.807) is 6.20 Å². The molecular weight excluding hydrogens is 488 g/mol. The summed E-state index contributed by atoms with van der Waals surface area (Å²) in [4.78, 5) is 63.9. The molecule has 0 fully saturated rings. The Morgan fingerprint density at radius 1 is 1.03 bits per heavy atom. The zero-order valence-electron chi connectivity index (χ0n) is 20.1. The van der Waals surface area contributed by atoms with Gasteiger partial charge >= 0.3 is 5.97 Å². The molecule has 13 heteroatoms. The highest BCUT2D eigenvalue weighted by molar-refractivity contribution is 7.98. The number of carbonyl (C=O) groups is 5. The summed E-state index contributed by atoms with van der Waals surface area (Å²) >= 11 is 1.43. The maximum Gasteiger partial charge on any atom is 0.326 e. The fourth-order valence-corrected chi connectivity index (χ4v) is 3.96. The van der Waals surface area contributed by atoms with Crippen molar-refractivity contribution in [2.45, 2.75) is 50.4 Å². The lowest BCUT2D eigenvalue weighted by Crippen LogP contribution is -2.57. The maximum absolute atomic E-state index is 12.8. The van der Waals surface area contributed by atoms with Gasteiger partial charge in [-0.05, 0) is 43.4 Å². The number of rotatable bonds is 14. The second-order valence-corrected chi connectivity index (χ2v) is 9.30. The van der Waals surface area contributed by atoms with E-state index < -0.39 is 60.2 Å². The Morgan fingerprint density at radius 3 is 2.33 bits per heavy atom. The average molecular weight is 521 g/mol. The number of hydrogen-bond acceptors (Lipinski definition) is 7. The van der Waals surface area contributed by atoms with Crippen molar-refractivity contribution < 1.29 is 29.1 Å². The first kappa shape index (κ1) is 28.7. The number of carboxylic acids is 1. The van der Waals surface area contributed by atoms with Gasteiger partial charge in [0.15, 0.2) is 0 Å². The molecule has 0 saturated heterocycles. The monoisotopic (exact) mass is 520 g/mol. The van der Waals surface area contributed by atoms with Crippen molar-refractivity contribution in [3.8, 4) is 0 Å². The van der Waals surface area contributed by atoms with Crippen molar-refractivity contribution in [1.82, 2.24) is 20.9 Å². The number of carboxylic acid groups (broad SMARTS) is 1. The second-order valence-electron chi connectivity index (χ2n) is 8.31. The molecule has 0 bridgehead atoms. The summed E-state index contributed by atoms with van der Waals surface area (Å²) in [6, 6.07) is 2.85. The predicted octanol–water partition coefficient (Wildman–Crippen LogP) is -0.775. The van der Waals surface area contributed by atoms with Crippen LogP contribution >= 0.6 is 11.8 Å². The van der Waals surface area contributed by atoms with E-state index in [-0.39, 0.29) is 12.8 Å². The van der Waals surface area contributed by atoms with Gasteiger partial charge in [-0.3, -0.25) is 19.2 Å². The summed E-state index contributed by atoms with van der Waals surface area (Å²) in [5, 5.41) is 17.4. The summed E-state index contributed by atoms with van der Waals surface area (Å²) in [5.41, 5.74) is 13.0. The highest BCUT2D eigenvalue weighted by Gasteiger charge is 2.29. The van der Waals surface area contributed by atoms with Gasteiger partial charge in [0.05, 0.1) is 12.5 Å². The number of benzene rings is 1. The highest BCUT2D eigenvalue weighted by atomic mass is 32.2. The topological polar surface area (TPSA) is 209 Å². The van der Waals surface area contributed by atoms with Crippen molar-refractivity contribution in [2.24, 2.45) is 11.5 Å². The van der Waals surface area contributed by atoms with Crippen LogP contribution in [0.3, 0.4) is 0 Å². The van der Waals surface area contributed by atoms with Crippen molar-refractivity contribution in [2.75, 3.05) is 12.0 Å². The van der Waals surface area contributed by atoms with Crippen LogP contribution in [-0.4, -0.2) is 75.9 Å². The van der Waals surface area contributed by atoms with E-state index >= 15 is 0 Å². The van der Waals surface area contributed by atoms with Gasteiger partial charge in [-0.1, -0.05) is 18.2 Å². The Kier molecular flexibility index (Phi) is 10.7. The molecule has 0 aliphatic carbocycles. The number of H-pyrrole nitrogens is 1. The van der Waals surface area contributed by atoms with Crippen LogP contribution in [0.1, 0.15) is 25.3 Å². The third-order valence-corrected chi connectivity index (χ3v) is 6.11. The molecule has 4 atom stereocenters. The number of primary amides is 1. The Labute approximate surface area is 212 Å². The molecule has 36 heavy (non-hydrogen) atoms. The van der Waals surface area contributed by atoms with Crippen LogP contribution in [0.5, 0.6) is 0 Å². The minimum atomic E-state index is -1.37. The van der Waals surface area contributed by atoms with E-state index in [9.17, 15) is 29.1 Å². The summed E-state index contributed by atoms with van der Waals surface area (Å²) in [7, 11) is 0. The molecule has 4 amide bonds. The highest BCUT2D eigenvalue weighted by Crippen LogP contribution is 2.18. The molecule has 12 nitrogen and oxygen atoms in total. The first-order chi connectivity index (χ1) is 17.0. The molecular formula is C23H32N6O6S. The Morgan fingerprint density at radius 2 is 1.69 bits per heavy atom. The number of nitrogens with two attached hydrogens (primary N) is 2. The van der Waals surface area contributed by atoms with E-state index in [1.807, 2.05) is 30.5 Å². The van der Waals surface area contributed by atoms with Crippen LogP contribution in [0, 0.1) is 0 Å². The van der Waals surface area contributed by atoms with Gasteiger partial charge in [0.25, 0.3) is 0 Å². The fraction of sp³-hybridized carbons (Fsp3) is 0.435. The third-order valence-electron chi connectivity index (χ3n) is 5.47. The zero-order valence-corrected chi connectivity index (χ0v) is 20.9. The SMILES string of the molecule is CSCCC(NC(=O)C(C)NC(=O)C(CC(N)=O)NC(=O)C(N)Cc1c[nH]c2ccccc12)C(=O)O. The Balaban J connectivity index is 2.01. The smallest absolute Gasteiger partial charge is 0.326 e. The lowest BCUT2D eigenvalue weighted by Gasteiger charge is -2.23. The molecule has 2 aromatic rings. The van der Waals surface area contributed by atoms with Crippen molar-refractivity contribution in [3.63, 3.8) is 0 Å². The molecule has 4 unspecified atom stereocenters. The maximum atomic E-state index is 12.8. The number of aliphatic carboxylic acids is 1. The lowest BCUT2D eigenvalue weighted by atomic mass is 10.0.